The van der Waals surface area contributed by atoms with Crippen LogP contribution in [0.2, 0.25) is 0 Å². The van der Waals surface area contributed by atoms with Crippen LogP contribution in [0.4, 0.5) is 4.79 Å². The summed E-state index contributed by atoms with van der Waals surface area (Å²) in [4.78, 5) is 11.2. The molecule has 0 radical (unpaired) electrons. The second-order valence-electron chi connectivity index (χ2n) is 3.93. The van der Waals surface area contributed by atoms with Crippen LogP contribution >= 0.6 is 0 Å². The van der Waals surface area contributed by atoms with Gasteiger partial charge in [0.2, 0.25) is 0 Å². The van der Waals surface area contributed by atoms with E-state index in [4.69, 9.17) is 4.55 Å². The zero-order valence-corrected chi connectivity index (χ0v) is 11.6. The average molecular weight is 281 g/mol. The third-order valence-corrected chi connectivity index (χ3v) is 2.96. The molecule has 0 rings (SSSR count). The van der Waals surface area contributed by atoms with Crippen molar-refractivity contribution in [3.05, 3.63) is 0 Å². The molecule has 0 heterocycles. The van der Waals surface area contributed by atoms with Crippen molar-refractivity contribution in [2.24, 2.45) is 0 Å². The Labute approximate surface area is 108 Å². The largest absolute Gasteiger partial charge is 0.338 e. The molecule has 0 aromatic rings. The first-order valence-corrected chi connectivity index (χ1v) is 7.74. The molecule has 2 amide bonds. The first-order chi connectivity index (χ1) is 8.45. The Morgan fingerprint density at radius 2 is 1.72 bits per heavy atom. The Bertz CT molecular complexity index is 319. The maximum Gasteiger partial charge on any atom is 0.314 e. The van der Waals surface area contributed by atoms with Crippen molar-refractivity contribution in [2.75, 3.05) is 31.9 Å². The molecule has 0 saturated heterocycles. The zero-order chi connectivity index (χ0) is 13.9. The predicted octanol–water partition coefficient (Wildman–Crippen LogP) is -0.0468. The van der Waals surface area contributed by atoms with E-state index in [-0.39, 0.29) is 11.8 Å². The third kappa shape index (κ3) is 13.2. The minimum atomic E-state index is -3.86. The van der Waals surface area contributed by atoms with Crippen molar-refractivity contribution in [3.8, 4) is 0 Å². The summed E-state index contributed by atoms with van der Waals surface area (Å²) < 4.78 is 29.3. The molecular formula is C10H23N3O4S. The van der Waals surface area contributed by atoms with Crippen LogP contribution in [0.1, 0.15) is 26.2 Å². The number of hydrogen-bond donors (Lipinski definition) is 4. The highest BCUT2D eigenvalue weighted by Gasteiger charge is 2.02. The van der Waals surface area contributed by atoms with Gasteiger partial charge in [0.1, 0.15) is 0 Å². The predicted molar refractivity (Wildman–Crippen MR) is 70.2 cm³/mol. The van der Waals surface area contributed by atoms with E-state index < -0.39 is 10.1 Å². The van der Waals surface area contributed by atoms with Gasteiger partial charge in [-0.25, -0.2) is 4.79 Å². The summed E-state index contributed by atoms with van der Waals surface area (Å²) in [6.45, 7) is 4.25. The molecule has 0 aliphatic carbocycles. The fraction of sp³-hybridized carbons (Fsp3) is 0.900. The lowest BCUT2D eigenvalue weighted by Crippen LogP contribution is -2.39. The number of amides is 2. The van der Waals surface area contributed by atoms with Gasteiger partial charge in [0, 0.05) is 19.6 Å². The van der Waals surface area contributed by atoms with Crippen molar-refractivity contribution >= 4 is 16.1 Å². The van der Waals surface area contributed by atoms with Gasteiger partial charge in [-0.1, -0.05) is 13.3 Å². The molecule has 0 aromatic heterocycles. The molecule has 0 aliphatic rings. The van der Waals surface area contributed by atoms with Crippen molar-refractivity contribution < 1.29 is 17.8 Å². The number of nitrogens with one attached hydrogen (secondary N) is 3. The molecule has 0 atom stereocenters. The van der Waals surface area contributed by atoms with E-state index in [9.17, 15) is 13.2 Å². The van der Waals surface area contributed by atoms with Crippen LogP contribution in [0.5, 0.6) is 0 Å². The molecule has 18 heavy (non-hydrogen) atoms. The molecule has 0 saturated carbocycles. The molecule has 0 aliphatic heterocycles. The molecule has 0 aromatic carbocycles. The number of hydrogen-bond acceptors (Lipinski definition) is 4. The Morgan fingerprint density at radius 1 is 1.06 bits per heavy atom. The van der Waals surface area contributed by atoms with Crippen molar-refractivity contribution in [3.63, 3.8) is 0 Å². The van der Waals surface area contributed by atoms with Crippen LogP contribution in [0, 0.1) is 0 Å². The van der Waals surface area contributed by atoms with Crippen molar-refractivity contribution in [2.45, 2.75) is 26.2 Å². The van der Waals surface area contributed by atoms with Crippen LogP contribution in [-0.4, -0.2) is 50.9 Å². The van der Waals surface area contributed by atoms with Gasteiger partial charge in [-0.3, -0.25) is 4.55 Å². The summed E-state index contributed by atoms with van der Waals surface area (Å²) >= 11 is 0. The minimum absolute atomic E-state index is 0.191. The van der Waals surface area contributed by atoms with Crippen molar-refractivity contribution in [1.29, 1.82) is 0 Å². The summed E-state index contributed by atoms with van der Waals surface area (Å²) in [5, 5.41) is 8.35. The molecule has 0 bridgehead atoms. The van der Waals surface area contributed by atoms with E-state index in [0.717, 1.165) is 12.8 Å². The van der Waals surface area contributed by atoms with Gasteiger partial charge in [-0.05, 0) is 19.4 Å². The van der Waals surface area contributed by atoms with E-state index >= 15 is 0 Å². The minimum Gasteiger partial charge on any atom is -0.338 e. The normalized spacial score (nSPS) is 11.2. The summed E-state index contributed by atoms with van der Waals surface area (Å²) in [5.74, 6) is -0.245. The molecule has 0 spiro atoms. The molecular weight excluding hydrogens is 258 g/mol. The Morgan fingerprint density at radius 3 is 2.33 bits per heavy atom. The van der Waals surface area contributed by atoms with E-state index in [1.54, 1.807) is 0 Å². The molecule has 8 heteroatoms. The third-order valence-electron chi connectivity index (χ3n) is 2.16. The zero-order valence-electron chi connectivity index (χ0n) is 10.7. The monoisotopic (exact) mass is 281 g/mol. The van der Waals surface area contributed by atoms with Gasteiger partial charge in [0.25, 0.3) is 10.1 Å². The highest BCUT2D eigenvalue weighted by Crippen LogP contribution is 1.85. The van der Waals surface area contributed by atoms with Crippen LogP contribution in [-0.2, 0) is 10.1 Å². The van der Waals surface area contributed by atoms with Crippen molar-refractivity contribution in [1.82, 2.24) is 16.0 Å². The van der Waals surface area contributed by atoms with Gasteiger partial charge < -0.3 is 16.0 Å². The molecule has 0 unspecified atom stereocenters. The fourth-order valence-corrected chi connectivity index (χ4v) is 1.72. The fourth-order valence-electron chi connectivity index (χ4n) is 1.21. The summed E-state index contributed by atoms with van der Waals surface area (Å²) in [7, 11) is -3.86. The van der Waals surface area contributed by atoms with Crippen LogP contribution in [0.15, 0.2) is 0 Å². The van der Waals surface area contributed by atoms with Crippen LogP contribution in [0.25, 0.3) is 0 Å². The second kappa shape index (κ2) is 10.1. The Balaban J connectivity index is 3.27. The number of carbonyl (C=O) groups excluding carboxylic acids is 1. The molecule has 4 N–H and O–H groups in total. The van der Waals surface area contributed by atoms with Gasteiger partial charge in [-0.15, -0.1) is 0 Å². The lowest BCUT2D eigenvalue weighted by molar-refractivity contribution is 0.240. The summed E-state index contributed by atoms with van der Waals surface area (Å²) in [6, 6.07) is -0.191. The highest BCUT2D eigenvalue weighted by atomic mass is 32.2. The lowest BCUT2D eigenvalue weighted by Gasteiger charge is -2.07. The quantitative estimate of drug-likeness (QED) is 0.332. The van der Waals surface area contributed by atoms with Gasteiger partial charge in [-0.2, -0.15) is 8.42 Å². The van der Waals surface area contributed by atoms with Crippen LogP contribution in [0.3, 0.4) is 0 Å². The number of urea groups is 1. The lowest BCUT2D eigenvalue weighted by atomic mass is 10.3. The highest BCUT2D eigenvalue weighted by molar-refractivity contribution is 7.85. The number of carbonyl (C=O) groups is 1. The summed E-state index contributed by atoms with van der Waals surface area (Å²) in [5.41, 5.74) is 0. The second-order valence-corrected chi connectivity index (χ2v) is 5.50. The first kappa shape index (κ1) is 17.1. The van der Waals surface area contributed by atoms with E-state index in [1.165, 1.54) is 0 Å². The number of rotatable bonds is 10. The standard InChI is InChI=1S/C10H23N3O4S/c1-2-3-6-12-10(14)13-8-7-11-5-4-9-18(15,16)17/h11H,2-9H2,1H3,(H2,12,13,14)(H,15,16,17). The first-order valence-electron chi connectivity index (χ1n) is 6.13. The topological polar surface area (TPSA) is 108 Å². The molecule has 7 nitrogen and oxygen atoms in total. The van der Waals surface area contributed by atoms with E-state index in [1.807, 2.05) is 0 Å². The number of unbranched alkanes of at least 4 members (excludes halogenated alkanes) is 1. The van der Waals surface area contributed by atoms with Gasteiger partial charge in [0.05, 0.1) is 5.75 Å². The smallest absolute Gasteiger partial charge is 0.314 e. The maximum absolute atomic E-state index is 11.2. The molecule has 108 valence electrons. The van der Waals surface area contributed by atoms with Gasteiger partial charge in [0.15, 0.2) is 0 Å². The SMILES string of the molecule is CCCCNC(=O)NCCNCCCS(=O)(=O)O. The van der Waals surface area contributed by atoms with E-state index in [0.29, 0.717) is 32.6 Å². The van der Waals surface area contributed by atoms with Gasteiger partial charge >= 0.3 is 6.03 Å². The maximum atomic E-state index is 11.2. The van der Waals surface area contributed by atoms with E-state index in [2.05, 4.69) is 22.9 Å². The summed E-state index contributed by atoms with van der Waals surface area (Å²) in [6.07, 6.45) is 2.35. The Hall–Kier alpha value is -0.860. The average Bonchev–Trinajstić information content (AvgIpc) is 2.26. The Kier molecular flexibility index (Phi) is 9.62. The molecule has 0 fully saturated rings. The van der Waals surface area contributed by atoms with Crippen LogP contribution < -0.4 is 16.0 Å².